The second kappa shape index (κ2) is 5.59. The summed E-state index contributed by atoms with van der Waals surface area (Å²) in [5.41, 5.74) is 0.929. The smallest absolute Gasteiger partial charge is 0.332 e. The van der Waals surface area contributed by atoms with Gasteiger partial charge >= 0.3 is 5.97 Å². The molecule has 0 amide bonds. The Hall–Kier alpha value is -2.10. The van der Waals surface area contributed by atoms with Crippen LogP contribution in [0.3, 0.4) is 0 Å². The van der Waals surface area contributed by atoms with E-state index in [0.29, 0.717) is 5.76 Å². The number of ether oxygens (including phenoxy) is 1. The van der Waals surface area contributed by atoms with Crippen molar-refractivity contribution in [1.29, 1.82) is 0 Å². The molecule has 0 aliphatic rings. The lowest BCUT2D eigenvalue weighted by Gasteiger charge is -1.97. The number of carboxylic acid groups (broad SMARTS) is 1. The van der Waals surface area contributed by atoms with Gasteiger partial charge in [0, 0.05) is 12.4 Å². The van der Waals surface area contributed by atoms with Crippen LogP contribution in [0.1, 0.15) is 5.56 Å². The maximum Gasteiger partial charge on any atom is 0.332 e. The first-order valence-electron chi connectivity index (χ1n) is 4.29. The molecule has 78 valence electrons. The Labute approximate surface area is 87.5 Å². The fraction of sp³-hybridized carbons (Fsp3) is 0.0909. The van der Waals surface area contributed by atoms with Crippen molar-refractivity contribution < 1.29 is 14.6 Å². The van der Waals surface area contributed by atoms with E-state index in [1.54, 1.807) is 24.5 Å². The number of carboxylic acids is 1. The Kier molecular flexibility index (Phi) is 4.09. The third-order valence-electron chi connectivity index (χ3n) is 1.65. The van der Waals surface area contributed by atoms with Crippen LogP contribution in [0.25, 0.3) is 6.08 Å². The zero-order valence-electron chi connectivity index (χ0n) is 8.25. The van der Waals surface area contributed by atoms with Crippen LogP contribution in [0.2, 0.25) is 0 Å². The largest absolute Gasteiger partial charge is 0.496 e. The minimum atomic E-state index is -1.04. The van der Waals surface area contributed by atoms with E-state index < -0.39 is 5.97 Å². The van der Waals surface area contributed by atoms with E-state index in [0.717, 1.165) is 11.6 Å². The number of hydrogen-bond donors (Lipinski definition) is 1. The number of aromatic nitrogens is 1. The van der Waals surface area contributed by atoms with Crippen molar-refractivity contribution >= 4 is 12.0 Å². The number of rotatable bonds is 4. The van der Waals surface area contributed by atoms with Gasteiger partial charge in [-0.25, -0.2) is 4.79 Å². The molecular formula is C11H11NO3. The number of methoxy groups -OCH3 is 1. The van der Waals surface area contributed by atoms with E-state index in [2.05, 4.69) is 4.98 Å². The number of allylic oxidation sites excluding steroid dienone is 1. The van der Waals surface area contributed by atoms with Crippen LogP contribution in [0.4, 0.5) is 0 Å². The Balaban J connectivity index is 2.76. The summed E-state index contributed by atoms with van der Waals surface area (Å²) in [6, 6.07) is 3.62. The molecule has 1 N–H and O–H groups in total. The van der Waals surface area contributed by atoms with Crippen molar-refractivity contribution in [1.82, 2.24) is 4.98 Å². The Morgan fingerprint density at radius 2 is 2.13 bits per heavy atom. The highest BCUT2D eigenvalue weighted by Gasteiger charge is 1.94. The van der Waals surface area contributed by atoms with Crippen LogP contribution >= 0.6 is 0 Å². The van der Waals surface area contributed by atoms with Gasteiger partial charge in [-0.3, -0.25) is 4.98 Å². The quantitative estimate of drug-likeness (QED) is 0.462. The van der Waals surface area contributed by atoms with Crippen LogP contribution < -0.4 is 0 Å². The zero-order chi connectivity index (χ0) is 11.1. The summed E-state index contributed by atoms with van der Waals surface area (Å²) in [6.45, 7) is 0. The van der Waals surface area contributed by atoms with Crippen molar-refractivity contribution in [3.8, 4) is 0 Å². The van der Waals surface area contributed by atoms with Gasteiger partial charge in [0.1, 0.15) is 5.76 Å². The number of hydrogen-bond acceptors (Lipinski definition) is 3. The average molecular weight is 205 g/mol. The summed E-state index contributed by atoms with van der Waals surface area (Å²) in [7, 11) is 1.42. The Morgan fingerprint density at radius 3 is 2.67 bits per heavy atom. The van der Waals surface area contributed by atoms with E-state index >= 15 is 0 Å². The lowest BCUT2D eigenvalue weighted by atomic mass is 10.2. The molecule has 0 atom stereocenters. The van der Waals surface area contributed by atoms with Gasteiger partial charge in [0.15, 0.2) is 0 Å². The monoisotopic (exact) mass is 205 g/mol. The Bertz CT molecular complexity index is 382. The fourth-order valence-electron chi connectivity index (χ4n) is 0.950. The van der Waals surface area contributed by atoms with Gasteiger partial charge in [0.2, 0.25) is 0 Å². The molecule has 1 rings (SSSR count). The van der Waals surface area contributed by atoms with E-state index in [1.165, 1.54) is 7.11 Å². The normalized spacial score (nSPS) is 11.7. The SMILES string of the molecule is COC(/C=C/c1ccncc1)=C/C(=O)O. The minimum Gasteiger partial charge on any atom is -0.496 e. The van der Waals surface area contributed by atoms with Gasteiger partial charge in [-0.15, -0.1) is 0 Å². The molecule has 4 nitrogen and oxygen atoms in total. The second-order valence-electron chi connectivity index (χ2n) is 2.70. The first-order valence-corrected chi connectivity index (χ1v) is 4.29. The van der Waals surface area contributed by atoms with Gasteiger partial charge in [-0.1, -0.05) is 6.08 Å². The molecule has 15 heavy (non-hydrogen) atoms. The van der Waals surface area contributed by atoms with E-state index in [9.17, 15) is 4.79 Å². The van der Waals surface area contributed by atoms with Crippen LogP contribution in [0.5, 0.6) is 0 Å². The Morgan fingerprint density at radius 1 is 1.47 bits per heavy atom. The van der Waals surface area contributed by atoms with Gasteiger partial charge in [-0.2, -0.15) is 0 Å². The predicted molar refractivity (Wildman–Crippen MR) is 56.0 cm³/mol. The molecular weight excluding hydrogens is 194 g/mol. The van der Waals surface area contributed by atoms with Gasteiger partial charge in [-0.05, 0) is 23.8 Å². The highest BCUT2D eigenvalue weighted by atomic mass is 16.5. The summed E-state index contributed by atoms with van der Waals surface area (Å²) in [5.74, 6) is -0.745. The topological polar surface area (TPSA) is 59.4 Å². The zero-order valence-corrected chi connectivity index (χ0v) is 8.25. The molecule has 1 aromatic heterocycles. The van der Waals surface area contributed by atoms with Crippen LogP contribution in [-0.4, -0.2) is 23.2 Å². The molecule has 0 aliphatic heterocycles. The molecule has 0 spiro atoms. The highest BCUT2D eigenvalue weighted by molar-refractivity contribution is 5.81. The van der Waals surface area contributed by atoms with Gasteiger partial charge < -0.3 is 9.84 Å². The van der Waals surface area contributed by atoms with Crippen LogP contribution in [0.15, 0.2) is 42.4 Å². The van der Waals surface area contributed by atoms with E-state index in [4.69, 9.17) is 9.84 Å². The number of pyridine rings is 1. The summed E-state index contributed by atoms with van der Waals surface area (Å²) < 4.78 is 4.86. The molecule has 0 aliphatic carbocycles. The van der Waals surface area contributed by atoms with Crippen molar-refractivity contribution in [2.24, 2.45) is 0 Å². The first-order chi connectivity index (χ1) is 7.22. The lowest BCUT2D eigenvalue weighted by Crippen LogP contribution is -1.92. The minimum absolute atomic E-state index is 0.291. The number of nitrogens with zero attached hydrogens (tertiary/aromatic N) is 1. The average Bonchev–Trinajstić information content (AvgIpc) is 2.25. The molecule has 0 aromatic carbocycles. The third-order valence-corrected chi connectivity index (χ3v) is 1.65. The predicted octanol–water partition coefficient (Wildman–Crippen LogP) is 1.71. The van der Waals surface area contributed by atoms with Crippen molar-refractivity contribution in [2.75, 3.05) is 7.11 Å². The maximum atomic E-state index is 10.4. The fourth-order valence-corrected chi connectivity index (χ4v) is 0.950. The standard InChI is InChI=1S/C11H11NO3/c1-15-10(8-11(13)14)3-2-9-4-6-12-7-5-9/h2-8H,1H3,(H,13,14)/b3-2+,10-8+. The van der Waals surface area contributed by atoms with Crippen LogP contribution in [0, 0.1) is 0 Å². The molecule has 1 heterocycles. The summed E-state index contributed by atoms with van der Waals surface area (Å²) in [4.78, 5) is 14.2. The highest BCUT2D eigenvalue weighted by Crippen LogP contribution is 2.04. The van der Waals surface area contributed by atoms with E-state index in [-0.39, 0.29) is 0 Å². The van der Waals surface area contributed by atoms with Crippen molar-refractivity contribution in [3.63, 3.8) is 0 Å². The van der Waals surface area contributed by atoms with Crippen molar-refractivity contribution in [2.45, 2.75) is 0 Å². The van der Waals surface area contributed by atoms with Crippen LogP contribution in [-0.2, 0) is 9.53 Å². The number of aliphatic carboxylic acids is 1. The molecule has 4 heteroatoms. The van der Waals surface area contributed by atoms with E-state index in [1.807, 2.05) is 12.1 Å². The van der Waals surface area contributed by atoms with Crippen molar-refractivity contribution in [3.05, 3.63) is 48.0 Å². The molecule has 0 saturated carbocycles. The molecule has 0 unspecified atom stereocenters. The number of carbonyl (C=O) groups is 1. The van der Waals surface area contributed by atoms with Gasteiger partial charge in [0.25, 0.3) is 0 Å². The summed E-state index contributed by atoms with van der Waals surface area (Å²) in [5, 5.41) is 8.51. The molecule has 0 saturated heterocycles. The molecule has 0 radical (unpaired) electrons. The lowest BCUT2D eigenvalue weighted by molar-refractivity contribution is -0.131. The van der Waals surface area contributed by atoms with Gasteiger partial charge in [0.05, 0.1) is 13.2 Å². The first kappa shape index (κ1) is 11.0. The molecule has 0 fully saturated rings. The third kappa shape index (κ3) is 4.08. The molecule has 1 aromatic rings. The maximum absolute atomic E-state index is 10.4. The summed E-state index contributed by atoms with van der Waals surface area (Å²) in [6.07, 6.45) is 7.65. The molecule has 0 bridgehead atoms. The second-order valence-corrected chi connectivity index (χ2v) is 2.70. The summed E-state index contributed by atoms with van der Waals surface area (Å²) >= 11 is 0.